The van der Waals surface area contributed by atoms with Gasteiger partial charge in [-0.1, -0.05) is 20.3 Å². The van der Waals surface area contributed by atoms with E-state index < -0.39 is 4.92 Å². The van der Waals surface area contributed by atoms with E-state index in [1.54, 1.807) is 6.07 Å². The standard InChI is InChI=1S/C14H22N2O3/c1-5-11(4)9-15-12-6-13(16(17)18)8-14(7-12)19-10(2)3/h6-8,10-11,15H,5,9H2,1-4H3. The number of hydrogen-bond donors (Lipinski definition) is 1. The molecule has 0 amide bonds. The molecule has 0 aliphatic rings. The van der Waals surface area contributed by atoms with Crippen LogP contribution >= 0.6 is 0 Å². The molecule has 0 aliphatic heterocycles. The molecule has 1 atom stereocenters. The molecule has 1 aromatic carbocycles. The van der Waals surface area contributed by atoms with Gasteiger partial charge in [0.25, 0.3) is 5.69 Å². The van der Waals surface area contributed by atoms with Crippen molar-refractivity contribution in [2.75, 3.05) is 11.9 Å². The number of benzene rings is 1. The van der Waals surface area contributed by atoms with Gasteiger partial charge < -0.3 is 10.1 Å². The van der Waals surface area contributed by atoms with Gasteiger partial charge >= 0.3 is 0 Å². The van der Waals surface area contributed by atoms with Crippen molar-refractivity contribution in [2.24, 2.45) is 5.92 Å². The highest BCUT2D eigenvalue weighted by Crippen LogP contribution is 2.27. The normalized spacial score (nSPS) is 12.3. The molecule has 19 heavy (non-hydrogen) atoms. The largest absolute Gasteiger partial charge is 0.491 e. The summed E-state index contributed by atoms with van der Waals surface area (Å²) in [5.74, 6) is 1.05. The third-order valence-corrected chi connectivity index (χ3v) is 2.83. The fourth-order valence-electron chi connectivity index (χ4n) is 1.57. The lowest BCUT2D eigenvalue weighted by atomic mass is 10.1. The lowest BCUT2D eigenvalue weighted by Crippen LogP contribution is -2.11. The van der Waals surface area contributed by atoms with E-state index in [0.29, 0.717) is 11.7 Å². The number of nitrogens with one attached hydrogen (secondary N) is 1. The van der Waals surface area contributed by atoms with Gasteiger partial charge in [0.1, 0.15) is 5.75 Å². The van der Waals surface area contributed by atoms with Crippen molar-refractivity contribution in [3.05, 3.63) is 28.3 Å². The molecular weight excluding hydrogens is 244 g/mol. The summed E-state index contributed by atoms with van der Waals surface area (Å²) < 4.78 is 5.53. The number of non-ortho nitro benzene ring substituents is 1. The first-order valence-electron chi connectivity index (χ1n) is 6.62. The zero-order valence-corrected chi connectivity index (χ0v) is 12.0. The highest BCUT2D eigenvalue weighted by Gasteiger charge is 2.12. The highest BCUT2D eigenvalue weighted by atomic mass is 16.6. The molecule has 0 spiro atoms. The Morgan fingerprint density at radius 1 is 1.32 bits per heavy atom. The first kappa shape index (κ1) is 15.3. The van der Waals surface area contributed by atoms with E-state index in [1.165, 1.54) is 12.1 Å². The second-order valence-electron chi connectivity index (χ2n) is 5.03. The maximum atomic E-state index is 10.9. The van der Waals surface area contributed by atoms with Crippen LogP contribution in [-0.2, 0) is 0 Å². The number of ether oxygens (including phenoxy) is 1. The Balaban J connectivity index is 2.89. The Labute approximate surface area is 114 Å². The second kappa shape index (κ2) is 6.97. The van der Waals surface area contributed by atoms with E-state index >= 15 is 0 Å². The topological polar surface area (TPSA) is 64.4 Å². The van der Waals surface area contributed by atoms with E-state index in [0.717, 1.165) is 18.7 Å². The fraction of sp³-hybridized carbons (Fsp3) is 0.571. The highest BCUT2D eigenvalue weighted by molar-refractivity contribution is 5.56. The van der Waals surface area contributed by atoms with Crippen molar-refractivity contribution in [3.8, 4) is 5.75 Å². The predicted molar refractivity (Wildman–Crippen MR) is 76.8 cm³/mol. The summed E-state index contributed by atoms with van der Waals surface area (Å²) in [6.07, 6.45) is 1.06. The van der Waals surface area contributed by atoms with Crippen molar-refractivity contribution >= 4 is 11.4 Å². The molecule has 1 aromatic rings. The quantitative estimate of drug-likeness (QED) is 0.601. The molecule has 1 rings (SSSR count). The second-order valence-corrected chi connectivity index (χ2v) is 5.03. The van der Waals surface area contributed by atoms with Crippen LogP contribution < -0.4 is 10.1 Å². The Bertz CT molecular complexity index is 433. The molecule has 0 saturated carbocycles. The first-order chi connectivity index (χ1) is 8.92. The number of nitro benzene ring substituents is 1. The third-order valence-electron chi connectivity index (χ3n) is 2.83. The number of rotatable bonds is 7. The molecule has 0 aromatic heterocycles. The SMILES string of the molecule is CCC(C)CNc1cc(OC(C)C)cc([N+](=O)[O-])c1. The van der Waals surface area contributed by atoms with Gasteiger partial charge in [0, 0.05) is 24.4 Å². The summed E-state index contributed by atoms with van der Waals surface area (Å²) in [5.41, 5.74) is 0.773. The van der Waals surface area contributed by atoms with E-state index in [9.17, 15) is 10.1 Å². The minimum atomic E-state index is -0.401. The van der Waals surface area contributed by atoms with Gasteiger partial charge in [0.05, 0.1) is 17.1 Å². The molecule has 0 saturated heterocycles. The minimum absolute atomic E-state index is 0.00980. The molecule has 1 N–H and O–H groups in total. The molecule has 5 nitrogen and oxygen atoms in total. The van der Waals surface area contributed by atoms with Gasteiger partial charge in [-0.3, -0.25) is 10.1 Å². The Morgan fingerprint density at radius 2 is 2.00 bits per heavy atom. The maximum Gasteiger partial charge on any atom is 0.275 e. The molecule has 0 fully saturated rings. The van der Waals surface area contributed by atoms with Crippen LogP contribution in [0.15, 0.2) is 18.2 Å². The molecular formula is C14H22N2O3. The van der Waals surface area contributed by atoms with Gasteiger partial charge in [-0.05, 0) is 19.8 Å². The van der Waals surface area contributed by atoms with Crippen LogP contribution in [0.25, 0.3) is 0 Å². The average Bonchev–Trinajstić information content (AvgIpc) is 2.34. The molecule has 0 aliphatic carbocycles. The van der Waals surface area contributed by atoms with Crippen LogP contribution in [0.3, 0.4) is 0 Å². The Kier molecular flexibility index (Phi) is 5.60. The van der Waals surface area contributed by atoms with Crippen LogP contribution in [0.1, 0.15) is 34.1 Å². The molecule has 0 radical (unpaired) electrons. The lowest BCUT2D eigenvalue weighted by Gasteiger charge is -2.14. The summed E-state index contributed by atoms with van der Waals surface area (Å²) in [4.78, 5) is 10.5. The number of nitro groups is 1. The number of nitrogens with zero attached hydrogens (tertiary/aromatic N) is 1. The number of hydrogen-bond acceptors (Lipinski definition) is 4. The Morgan fingerprint density at radius 3 is 2.53 bits per heavy atom. The van der Waals surface area contributed by atoms with Crippen molar-refractivity contribution in [3.63, 3.8) is 0 Å². The van der Waals surface area contributed by atoms with Crippen molar-refractivity contribution in [1.82, 2.24) is 0 Å². The maximum absolute atomic E-state index is 10.9. The lowest BCUT2D eigenvalue weighted by molar-refractivity contribution is -0.384. The average molecular weight is 266 g/mol. The third kappa shape index (κ3) is 5.16. The number of anilines is 1. The van der Waals surface area contributed by atoms with Crippen LogP contribution in [0.5, 0.6) is 5.75 Å². The monoisotopic (exact) mass is 266 g/mol. The van der Waals surface area contributed by atoms with E-state index in [-0.39, 0.29) is 11.8 Å². The summed E-state index contributed by atoms with van der Waals surface area (Å²) in [6.45, 7) is 8.83. The summed E-state index contributed by atoms with van der Waals surface area (Å²) in [7, 11) is 0. The van der Waals surface area contributed by atoms with Gasteiger partial charge in [-0.2, -0.15) is 0 Å². The molecule has 5 heteroatoms. The predicted octanol–water partition coefficient (Wildman–Crippen LogP) is 3.84. The first-order valence-corrected chi connectivity index (χ1v) is 6.62. The van der Waals surface area contributed by atoms with Gasteiger partial charge in [0.15, 0.2) is 0 Å². The van der Waals surface area contributed by atoms with Crippen molar-refractivity contribution in [1.29, 1.82) is 0 Å². The summed E-state index contributed by atoms with van der Waals surface area (Å²) >= 11 is 0. The zero-order valence-electron chi connectivity index (χ0n) is 12.0. The summed E-state index contributed by atoms with van der Waals surface area (Å²) in [5, 5.41) is 14.1. The van der Waals surface area contributed by atoms with E-state index in [1.807, 2.05) is 13.8 Å². The van der Waals surface area contributed by atoms with Crippen LogP contribution in [-0.4, -0.2) is 17.6 Å². The molecule has 1 unspecified atom stereocenters. The van der Waals surface area contributed by atoms with Gasteiger partial charge in [-0.15, -0.1) is 0 Å². The molecule has 0 bridgehead atoms. The van der Waals surface area contributed by atoms with Crippen LogP contribution in [0.4, 0.5) is 11.4 Å². The minimum Gasteiger partial charge on any atom is -0.491 e. The smallest absolute Gasteiger partial charge is 0.275 e. The zero-order chi connectivity index (χ0) is 14.4. The fourth-order valence-corrected chi connectivity index (χ4v) is 1.57. The van der Waals surface area contributed by atoms with E-state index in [4.69, 9.17) is 4.74 Å². The van der Waals surface area contributed by atoms with Gasteiger partial charge in [-0.25, -0.2) is 0 Å². The molecule has 0 heterocycles. The van der Waals surface area contributed by atoms with Crippen molar-refractivity contribution < 1.29 is 9.66 Å². The van der Waals surface area contributed by atoms with Crippen molar-refractivity contribution in [2.45, 2.75) is 40.2 Å². The van der Waals surface area contributed by atoms with Crippen LogP contribution in [0, 0.1) is 16.0 Å². The Hall–Kier alpha value is -1.78. The van der Waals surface area contributed by atoms with E-state index in [2.05, 4.69) is 19.2 Å². The summed E-state index contributed by atoms with van der Waals surface area (Å²) in [6, 6.07) is 4.79. The van der Waals surface area contributed by atoms with Gasteiger partial charge in [0.2, 0.25) is 0 Å². The molecule has 106 valence electrons. The van der Waals surface area contributed by atoms with Crippen LogP contribution in [0.2, 0.25) is 0 Å².